The van der Waals surface area contributed by atoms with Crippen molar-refractivity contribution in [3.05, 3.63) is 35.4 Å². The van der Waals surface area contributed by atoms with Gasteiger partial charge < -0.3 is 15.7 Å². The average molecular weight is 320 g/mol. The van der Waals surface area contributed by atoms with Crippen molar-refractivity contribution < 1.29 is 14.7 Å². The Morgan fingerprint density at radius 1 is 1.13 bits per heavy atom. The zero-order valence-corrected chi connectivity index (χ0v) is 14.6. The number of benzene rings is 1. The maximum atomic E-state index is 12.3. The van der Waals surface area contributed by atoms with Crippen LogP contribution in [0.5, 0.6) is 0 Å². The van der Waals surface area contributed by atoms with E-state index in [2.05, 4.69) is 10.6 Å². The van der Waals surface area contributed by atoms with Gasteiger partial charge in [-0.05, 0) is 30.9 Å². The molecule has 0 aliphatic carbocycles. The lowest BCUT2D eigenvalue weighted by Crippen LogP contribution is -2.51. The second-order valence-electron chi connectivity index (χ2n) is 6.62. The number of amides is 2. The zero-order chi connectivity index (χ0) is 17.6. The average Bonchev–Trinajstić information content (AvgIpc) is 2.49. The van der Waals surface area contributed by atoms with Crippen LogP contribution >= 0.6 is 0 Å². The van der Waals surface area contributed by atoms with Gasteiger partial charge in [0.25, 0.3) is 5.91 Å². The molecule has 0 fully saturated rings. The number of nitrogens with one attached hydrogen (secondary N) is 2. The molecule has 128 valence electrons. The van der Waals surface area contributed by atoms with Gasteiger partial charge in [0, 0.05) is 12.1 Å². The molecule has 5 heteroatoms. The predicted octanol–water partition coefficient (Wildman–Crippen LogP) is 1.88. The van der Waals surface area contributed by atoms with Crippen molar-refractivity contribution in [2.45, 2.75) is 46.8 Å². The lowest BCUT2D eigenvalue weighted by Gasteiger charge is -2.23. The first-order valence-corrected chi connectivity index (χ1v) is 8.05. The summed E-state index contributed by atoms with van der Waals surface area (Å²) in [6.45, 7) is 9.61. The van der Waals surface area contributed by atoms with Crippen molar-refractivity contribution in [3.8, 4) is 0 Å². The number of carbonyl (C=O) groups is 2. The van der Waals surface area contributed by atoms with Gasteiger partial charge in [0.1, 0.15) is 6.04 Å². The standard InChI is InChI=1S/C18H28N2O3/c1-11(2)15(21)10-19-18(23)16(12(3)4)20-17(22)14-8-6-7-13(5)9-14/h6-9,11-12,15-16,21H,10H2,1-5H3,(H,19,23)(H,20,22). The van der Waals surface area contributed by atoms with Crippen molar-refractivity contribution in [2.75, 3.05) is 6.54 Å². The Morgan fingerprint density at radius 3 is 2.30 bits per heavy atom. The van der Waals surface area contributed by atoms with Crippen LogP contribution in [0.15, 0.2) is 24.3 Å². The molecule has 1 aromatic rings. The Morgan fingerprint density at radius 2 is 1.78 bits per heavy atom. The van der Waals surface area contributed by atoms with Gasteiger partial charge in [-0.2, -0.15) is 0 Å². The van der Waals surface area contributed by atoms with E-state index in [1.54, 1.807) is 12.1 Å². The minimum absolute atomic E-state index is 0.0556. The number of aliphatic hydroxyl groups is 1. The molecule has 0 saturated carbocycles. The quantitative estimate of drug-likeness (QED) is 0.718. The van der Waals surface area contributed by atoms with E-state index in [1.807, 2.05) is 46.8 Å². The van der Waals surface area contributed by atoms with Gasteiger partial charge in [-0.1, -0.05) is 45.4 Å². The normalized spacial score (nSPS) is 13.7. The van der Waals surface area contributed by atoms with Crippen LogP contribution < -0.4 is 10.6 Å². The molecular weight excluding hydrogens is 292 g/mol. The fraction of sp³-hybridized carbons (Fsp3) is 0.556. The first-order valence-electron chi connectivity index (χ1n) is 8.05. The zero-order valence-electron chi connectivity index (χ0n) is 14.6. The van der Waals surface area contributed by atoms with E-state index >= 15 is 0 Å². The van der Waals surface area contributed by atoms with Crippen molar-refractivity contribution in [3.63, 3.8) is 0 Å². The highest BCUT2D eigenvalue weighted by Gasteiger charge is 2.25. The minimum atomic E-state index is -0.637. The molecule has 0 saturated heterocycles. The molecule has 3 N–H and O–H groups in total. The molecule has 2 atom stereocenters. The second-order valence-corrected chi connectivity index (χ2v) is 6.62. The molecule has 1 aromatic carbocycles. The molecule has 0 radical (unpaired) electrons. The summed E-state index contributed by atoms with van der Waals surface area (Å²) >= 11 is 0. The molecule has 23 heavy (non-hydrogen) atoms. The SMILES string of the molecule is Cc1cccc(C(=O)NC(C(=O)NCC(O)C(C)C)C(C)C)c1. The Kier molecular flexibility index (Phi) is 7.23. The lowest BCUT2D eigenvalue weighted by molar-refractivity contribution is -0.124. The second kappa shape index (κ2) is 8.67. The number of carbonyl (C=O) groups excluding carboxylic acids is 2. The van der Waals surface area contributed by atoms with E-state index in [9.17, 15) is 14.7 Å². The lowest BCUT2D eigenvalue weighted by atomic mass is 10.0. The van der Waals surface area contributed by atoms with E-state index in [0.717, 1.165) is 5.56 Å². The van der Waals surface area contributed by atoms with Crippen LogP contribution in [-0.4, -0.2) is 35.6 Å². The van der Waals surface area contributed by atoms with Crippen LogP contribution in [0.3, 0.4) is 0 Å². The first-order chi connectivity index (χ1) is 10.7. The number of rotatable bonds is 7. The Labute approximate surface area is 138 Å². The van der Waals surface area contributed by atoms with Crippen molar-refractivity contribution in [1.82, 2.24) is 10.6 Å². The summed E-state index contributed by atoms with van der Waals surface area (Å²) in [7, 11) is 0. The van der Waals surface area contributed by atoms with Crippen LogP contribution in [0.2, 0.25) is 0 Å². The van der Waals surface area contributed by atoms with E-state index in [0.29, 0.717) is 5.56 Å². The van der Waals surface area contributed by atoms with Crippen molar-refractivity contribution >= 4 is 11.8 Å². The van der Waals surface area contributed by atoms with Gasteiger partial charge >= 0.3 is 0 Å². The Balaban J connectivity index is 2.71. The molecule has 0 aliphatic rings. The maximum Gasteiger partial charge on any atom is 0.251 e. The fourth-order valence-corrected chi connectivity index (χ4v) is 2.10. The number of aliphatic hydroxyl groups excluding tert-OH is 1. The maximum absolute atomic E-state index is 12.3. The highest BCUT2D eigenvalue weighted by molar-refractivity contribution is 5.97. The van der Waals surface area contributed by atoms with E-state index in [-0.39, 0.29) is 30.2 Å². The summed E-state index contributed by atoms with van der Waals surface area (Å²) in [5.74, 6) is -0.540. The third-order valence-electron chi connectivity index (χ3n) is 3.77. The summed E-state index contributed by atoms with van der Waals surface area (Å²) in [6, 6.07) is 6.60. The third-order valence-corrected chi connectivity index (χ3v) is 3.77. The van der Waals surface area contributed by atoms with E-state index in [4.69, 9.17) is 0 Å². The third kappa shape index (κ3) is 6.02. The Hall–Kier alpha value is -1.88. The van der Waals surface area contributed by atoms with Gasteiger partial charge in [0.15, 0.2) is 0 Å². The smallest absolute Gasteiger partial charge is 0.251 e. The summed E-state index contributed by atoms with van der Waals surface area (Å²) in [5.41, 5.74) is 1.52. The molecule has 0 aliphatic heterocycles. The highest BCUT2D eigenvalue weighted by atomic mass is 16.3. The molecule has 0 heterocycles. The van der Waals surface area contributed by atoms with Crippen LogP contribution in [0.1, 0.15) is 43.6 Å². The summed E-state index contributed by atoms with van der Waals surface area (Å²) < 4.78 is 0. The molecule has 0 aromatic heterocycles. The molecular formula is C18H28N2O3. The molecule has 0 spiro atoms. The number of hydrogen-bond donors (Lipinski definition) is 3. The summed E-state index contributed by atoms with van der Waals surface area (Å²) in [4.78, 5) is 24.6. The van der Waals surface area contributed by atoms with E-state index < -0.39 is 12.1 Å². The molecule has 0 bridgehead atoms. The van der Waals surface area contributed by atoms with Crippen LogP contribution in [0, 0.1) is 18.8 Å². The summed E-state index contributed by atoms with van der Waals surface area (Å²) in [6.07, 6.45) is -0.598. The van der Waals surface area contributed by atoms with Crippen LogP contribution in [0.25, 0.3) is 0 Å². The molecule has 2 amide bonds. The highest BCUT2D eigenvalue weighted by Crippen LogP contribution is 2.08. The Bertz CT molecular complexity index is 541. The number of aryl methyl sites for hydroxylation is 1. The van der Waals surface area contributed by atoms with Gasteiger partial charge in [-0.15, -0.1) is 0 Å². The minimum Gasteiger partial charge on any atom is -0.391 e. The van der Waals surface area contributed by atoms with Gasteiger partial charge in [0.05, 0.1) is 6.10 Å². The van der Waals surface area contributed by atoms with Gasteiger partial charge in [-0.25, -0.2) is 0 Å². The van der Waals surface area contributed by atoms with Crippen molar-refractivity contribution in [1.29, 1.82) is 0 Å². The van der Waals surface area contributed by atoms with Gasteiger partial charge in [-0.3, -0.25) is 9.59 Å². The molecule has 2 unspecified atom stereocenters. The largest absolute Gasteiger partial charge is 0.391 e. The monoisotopic (exact) mass is 320 g/mol. The first kappa shape index (κ1) is 19.2. The topological polar surface area (TPSA) is 78.4 Å². The summed E-state index contributed by atoms with van der Waals surface area (Å²) in [5, 5.41) is 15.3. The molecule has 1 rings (SSSR count). The number of hydrogen-bond acceptors (Lipinski definition) is 3. The predicted molar refractivity (Wildman–Crippen MR) is 91.1 cm³/mol. The van der Waals surface area contributed by atoms with E-state index in [1.165, 1.54) is 0 Å². The van der Waals surface area contributed by atoms with Crippen LogP contribution in [-0.2, 0) is 4.79 Å². The van der Waals surface area contributed by atoms with Gasteiger partial charge in [0.2, 0.25) is 5.91 Å². The van der Waals surface area contributed by atoms with Crippen molar-refractivity contribution in [2.24, 2.45) is 11.8 Å². The molecule has 5 nitrogen and oxygen atoms in total. The fourth-order valence-electron chi connectivity index (χ4n) is 2.10. The van der Waals surface area contributed by atoms with Crippen LogP contribution in [0.4, 0.5) is 0 Å².